The molecule has 1 amide bonds. The van der Waals surface area contributed by atoms with Gasteiger partial charge in [0.25, 0.3) is 0 Å². The first-order valence-electron chi connectivity index (χ1n) is 8.47. The second kappa shape index (κ2) is 7.65. The summed E-state index contributed by atoms with van der Waals surface area (Å²) in [6.07, 6.45) is 2.87. The summed E-state index contributed by atoms with van der Waals surface area (Å²) in [7, 11) is 1.88. The van der Waals surface area contributed by atoms with Gasteiger partial charge in [0, 0.05) is 23.0 Å². The maximum atomic E-state index is 12.4. The van der Waals surface area contributed by atoms with Crippen LogP contribution in [0.15, 0.2) is 75.9 Å². The minimum Gasteiger partial charge on any atom is -0.324 e. The summed E-state index contributed by atoms with van der Waals surface area (Å²) in [5.74, 6) is -0.227. The molecule has 0 unspecified atom stereocenters. The standard InChI is InChI=1S/C19H16N6O2S/c1-24-12-20-23-19(24)28-14-8-6-13(7-9-14)22-18(27)11-25-16-5-3-2-4-15(16)17(26)10-21-25/h2-10,12H,11H2,1H3,(H,22,27). The van der Waals surface area contributed by atoms with Gasteiger partial charge in [-0.1, -0.05) is 12.1 Å². The van der Waals surface area contributed by atoms with Gasteiger partial charge in [0.1, 0.15) is 12.9 Å². The maximum Gasteiger partial charge on any atom is 0.246 e. The molecule has 0 fully saturated rings. The van der Waals surface area contributed by atoms with Crippen LogP contribution in [0.3, 0.4) is 0 Å². The fraction of sp³-hybridized carbons (Fsp3) is 0.105. The zero-order valence-corrected chi connectivity index (χ0v) is 15.8. The van der Waals surface area contributed by atoms with Crippen molar-refractivity contribution >= 4 is 34.3 Å². The van der Waals surface area contributed by atoms with Gasteiger partial charge in [0.2, 0.25) is 11.3 Å². The number of nitrogens with zero attached hydrogens (tertiary/aromatic N) is 5. The lowest BCUT2D eigenvalue weighted by Crippen LogP contribution is -2.22. The number of hydrogen-bond acceptors (Lipinski definition) is 6. The van der Waals surface area contributed by atoms with E-state index in [1.807, 2.05) is 41.9 Å². The van der Waals surface area contributed by atoms with Gasteiger partial charge in [-0.25, -0.2) is 0 Å². The SMILES string of the molecule is Cn1cnnc1Sc1ccc(NC(=O)Cn2ncc(=O)c3ccccc32)cc1. The van der Waals surface area contributed by atoms with E-state index in [4.69, 9.17) is 0 Å². The van der Waals surface area contributed by atoms with Crippen molar-refractivity contribution in [3.63, 3.8) is 0 Å². The third kappa shape index (κ3) is 3.79. The smallest absolute Gasteiger partial charge is 0.246 e. The molecule has 8 nitrogen and oxygen atoms in total. The maximum absolute atomic E-state index is 12.4. The highest BCUT2D eigenvalue weighted by molar-refractivity contribution is 7.99. The van der Waals surface area contributed by atoms with Crippen molar-refractivity contribution in [2.75, 3.05) is 5.32 Å². The lowest BCUT2D eigenvalue weighted by atomic mass is 10.2. The van der Waals surface area contributed by atoms with Gasteiger partial charge < -0.3 is 9.88 Å². The van der Waals surface area contributed by atoms with Crippen molar-refractivity contribution in [1.29, 1.82) is 0 Å². The predicted octanol–water partition coefficient (Wildman–Crippen LogP) is 2.31. The Labute approximate surface area is 164 Å². The van der Waals surface area contributed by atoms with Crippen LogP contribution < -0.4 is 10.7 Å². The van der Waals surface area contributed by atoms with E-state index in [-0.39, 0.29) is 17.9 Å². The summed E-state index contributed by atoms with van der Waals surface area (Å²) in [6, 6.07) is 14.6. The second-order valence-electron chi connectivity index (χ2n) is 6.08. The molecule has 4 aromatic rings. The molecule has 1 N–H and O–H groups in total. The molecule has 4 rings (SSSR count). The first kappa shape index (κ1) is 17.9. The summed E-state index contributed by atoms with van der Waals surface area (Å²) >= 11 is 1.49. The van der Waals surface area contributed by atoms with E-state index < -0.39 is 0 Å². The Hall–Kier alpha value is -3.46. The quantitative estimate of drug-likeness (QED) is 0.560. The number of anilines is 1. The highest BCUT2D eigenvalue weighted by Crippen LogP contribution is 2.26. The molecule has 0 saturated carbocycles. The highest BCUT2D eigenvalue weighted by Gasteiger charge is 2.09. The number of carbonyl (C=O) groups excluding carboxylic acids is 1. The van der Waals surface area contributed by atoms with Crippen molar-refractivity contribution < 1.29 is 4.79 Å². The number of benzene rings is 2. The topological polar surface area (TPSA) is 94.7 Å². The van der Waals surface area contributed by atoms with Crippen LogP contribution in [0.4, 0.5) is 5.69 Å². The predicted molar refractivity (Wildman–Crippen MR) is 106 cm³/mol. The average Bonchev–Trinajstić information content (AvgIpc) is 3.10. The van der Waals surface area contributed by atoms with Crippen molar-refractivity contribution in [2.45, 2.75) is 16.6 Å². The molecule has 0 spiro atoms. The van der Waals surface area contributed by atoms with E-state index in [1.54, 1.807) is 24.5 Å². The number of carbonyl (C=O) groups is 1. The van der Waals surface area contributed by atoms with E-state index in [9.17, 15) is 9.59 Å². The Morgan fingerprint density at radius 3 is 2.68 bits per heavy atom. The Morgan fingerprint density at radius 2 is 1.93 bits per heavy atom. The van der Waals surface area contributed by atoms with Crippen LogP contribution in [0.2, 0.25) is 0 Å². The Balaban J connectivity index is 1.45. The van der Waals surface area contributed by atoms with Gasteiger partial charge in [0.05, 0.1) is 11.7 Å². The fourth-order valence-corrected chi connectivity index (χ4v) is 3.46. The monoisotopic (exact) mass is 392 g/mol. The average molecular weight is 392 g/mol. The molecular formula is C19H16N6O2S. The highest BCUT2D eigenvalue weighted by atomic mass is 32.2. The van der Waals surface area contributed by atoms with Crippen molar-refractivity contribution in [1.82, 2.24) is 24.5 Å². The van der Waals surface area contributed by atoms with Gasteiger partial charge in [0.15, 0.2) is 5.16 Å². The summed E-state index contributed by atoms with van der Waals surface area (Å²) in [6.45, 7) is 0.0102. The number of rotatable bonds is 5. The van der Waals surface area contributed by atoms with E-state index in [0.29, 0.717) is 16.6 Å². The van der Waals surface area contributed by atoms with Gasteiger partial charge in [-0.15, -0.1) is 10.2 Å². The molecule has 0 radical (unpaired) electrons. The van der Waals surface area contributed by atoms with E-state index in [0.717, 1.165) is 10.1 Å². The Kier molecular flexibility index (Phi) is 4.90. The summed E-state index contributed by atoms with van der Waals surface area (Å²) in [5, 5.41) is 16.1. The van der Waals surface area contributed by atoms with E-state index in [2.05, 4.69) is 20.6 Å². The minimum absolute atomic E-state index is 0.0102. The number of fused-ring (bicyclic) bond motifs is 1. The van der Waals surface area contributed by atoms with Crippen LogP contribution in [-0.2, 0) is 18.4 Å². The zero-order valence-electron chi connectivity index (χ0n) is 14.9. The van der Waals surface area contributed by atoms with E-state index >= 15 is 0 Å². The lowest BCUT2D eigenvalue weighted by Gasteiger charge is -2.10. The van der Waals surface area contributed by atoms with Gasteiger partial charge in [-0.05, 0) is 48.2 Å². The molecule has 28 heavy (non-hydrogen) atoms. The van der Waals surface area contributed by atoms with Crippen LogP contribution in [0.1, 0.15) is 0 Å². The molecule has 9 heteroatoms. The van der Waals surface area contributed by atoms with Gasteiger partial charge in [-0.2, -0.15) is 5.10 Å². The molecular weight excluding hydrogens is 376 g/mol. The fourth-order valence-electron chi connectivity index (χ4n) is 2.70. The number of amides is 1. The van der Waals surface area contributed by atoms with Gasteiger partial charge in [-0.3, -0.25) is 14.3 Å². The van der Waals surface area contributed by atoms with Crippen LogP contribution in [-0.4, -0.2) is 30.5 Å². The van der Waals surface area contributed by atoms with Crippen LogP contribution in [0.25, 0.3) is 10.9 Å². The number of aromatic nitrogens is 5. The van der Waals surface area contributed by atoms with Crippen LogP contribution >= 0.6 is 11.8 Å². The zero-order chi connectivity index (χ0) is 19.5. The van der Waals surface area contributed by atoms with Gasteiger partial charge >= 0.3 is 0 Å². The summed E-state index contributed by atoms with van der Waals surface area (Å²) < 4.78 is 3.35. The second-order valence-corrected chi connectivity index (χ2v) is 7.12. The van der Waals surface area contributed by atoms with Crippen molar-refractivity contribution in [3.05, 3.63) is 71.3 Å². The Morgan fingerprint density at radius 1 is 1.14 bits per heavy atom. The lowest BCUT2D eigenvalue weighted by molar-refractivity contribution is -0.116. The molecule has 0 saturated heterocycles. The first-order chi connectivity index (χ1) is 13.6. The molecule has 140 valence electrons. The number of hydrogen-bond donors (Lipinski definition) is 1. The first-order valence-corrected chi connectivity index (χ1v) is 9.28. The third-order valence-corrected chi connectivity index (χ3v) is 5.13. The third-order valence-electron chi connectivity index (χ3n) is 4.07. The van der Waals surface area contributed by atoms with Crippen LogP contribution in [0, 0.1) is 0 Å². The number of para-hydroxylation sites is 1. The van der Waals surface area contributed by atoms with Crippen molar-refractivity contribution in [2.24, 2.45) is 7.05 Å². The number of nitrogens with one attached hydrogen (secondary N) is 1. The van der Waals surface area contributed by atoms with Crippen LogP contribution in [0.5, 0.6) is 0 Å². The molecule has 0 bridgehead atoms. The molecule has 2 aromatic carbocycles. The largest absolute Gasteiger partial charge is 0.324 e. The molecule has 0 aliphatic carbocycles. The molecule has 0 atom stereocenters. The van der Waals surface area contributed by atoms with E-state index in [1.165, 1.54) is 22.6 Å². The summed E-state index contributed by atoms with van der Waals surface area (Å²) in [5.41, 5.74) is 1.14. The molecule has 2 heterocycles. The molecule has 2 aromatic heterocycles. The Bertz CT molecular complexity index is 1200. The van der Waals surface area contributed by atoms with Crippen molar-refractivity contribution in [3.8, 4) is 0 Å². The minimum atomic E-state index is -0.227. The molecule has 0 aliphatic rings. The normalized spacial score (nSPS) is 10.9. The molecule has 0 aliphatic heterocycles. The summed E-state index contributed by atoms with van der Waals surface area (Å²) in [4.78, 5) is 25.3. The number of aryl methyl sites for hydroxylation is 1.